The lowest BCUT2D eigenvalue weighted by molar-refractivity contribution is 0.251. The van der Waals surface area contributed by atoms with E-state index in [2.05, 4.69) is 25.8 Å². The SMILES string of the molecule is CC(C)c1noc(-c2ccc(NC(=O)NCc3ccc(OCc4cccnc4)cc3)cc2)n1. The van der Waals surface area contributed by atoms with Crippen molar-refractivity contribution in [1.82, 2.24) is 20.4 Å². The number of hydrogen-bond acceptors (Lipinski definition) is 6. The number of amides is 2. The highest BCUT2D eigenvalue weighted by Gasteiger charge is 2.11. The van der Waals surface area contributed by atoms with Gasteiger partial charge in [0.1, 0.15) is 12.4 Å². The molecule has 0 aliphatic rings. The first-order valence-electron chi connectivity index (χ1n) is 10.7. The van der Waals surface area contributed by atoms with Gasteiger partial charge in [0.05, 0.1) is 0 Å². The molecule has 2 aromatic carbocycles. The van der Waals surface area contributed by atoms with E-state index in [1.54, 1.807) is 24.5 Å². The molecule has 8 heteroatoms. The van der Waals surface area contributed by atoms with E-state index in [4.69, 9.17) is 9.26 Å². The maximum absolute atomic E-state index is 12.3. The number of rotatable bonds is 8. The number of hydrogen-bond donors (Lipinski definition) is 2. The Hall–Kier alpha value is -4.20. The van der Waals surface area contributed by atoms with Crippen molar-refractivity contribution in [2.24, 2.45) is 0 Å². The van der Waals surface area contributed by atoms with Crippen LogP contribution < -0.4 is 15.4 Å². The van der Waals surface area contributed by atoms with E-state index in [-0.39, 0.29) is 11.9 Å². The zero-order chi connectivity index (χ0) is 23.0. The van der Waals surface area contributed by atoms with E-state index in [9.17, 15) is 4.79 Å². The average Bonchev–Trinajstić information content (AvgIpc) is 3.34. The third kappa shape index (κ3) is 6.16. The smallest absolute Gasteiger partial charge is 0.319 e. The Morgan fingerprint density at radius 3 is 2.48 bits per heavy atom. The Morgan fingerprint density at radius 2 is 1.82 bits per heavy atom. The molecule has 0 unspecified atom stereocenters. The third-order valence-corrected chi connectivity index (χ3v) is 4.85. The van der Waals surface area contributed by atoms with Gasteiger partial charge in [-0.15, -0.1) is 0 Å². The predicted octanol–water partition coefficient (Wildman–Crippen LogP) is 5.16. The number of carbonyl (C=O) groups is 1. The Kier molecular flexibility index (Phi) is 6.94. The molecule has 0 atom stereocenters. The summed E-state index contributed by atoms with van der Waals surface area (Å²) in [6, 6.07) is 18.4. The van der Waals surface area contributed by atoms with E-state index < -0.39 is 0 Å². The number of nitrogens with one attached hydrogen (secondary N) is 2. The van der Waals surface area contributed by atoms with Crippen molar-refractivity contribution in [1.29, 1.82) is 0 Å². The molecule has 0 fully saturated rings. The maximum atomic E-state index is 12.3. The molecule has 4 rings (SSSR count). The van der Waals surface area contributed by atoms with Crippen LogP contribution in [0, 0.1) is 0 Å². The molecule has 2 aromatic heterocycles. The van der Waals surface area contributed by atoms with E-state index in [0.29, 0.717) is 30.6 Å². The summed E-state index contributed by atoms with van der Waals surface area (Å²) in [6.45, 7) is 4.86. The van der Waals surface area contributed by atoms with Crippen LogP contribution in [-0.2, 0) is 13.2 Å². The Bertz CT molecular complexity index is 1170. The Labute approximate surface area is 192 Å². The van der Waals surface area contributed by atoms with Crippen LogP contribution in [-0.4, -0.2) is 21.2 Å². The lowest BCUT2D eigenvalue weighted by Gasteiger charge is -2.09. The van der Waals surface area contributed by atoms with Crippen molar-refractivity contribution in [3.05, 3.63) is 90.0 Å². The fraction of sp³-hybridized carbons (Fsp3) is 0.200. The van der Waals surface area contributed by atoms with Gasteiger partial charge in [-0.2, -0.15) is 4.98 Å². The number of benzene rings is 2. The average molecular weight is 444 g/mol. The van der Waals surface area contributed by atoms with E-state index >= 15 is 0 Å². The van der Waals surface area contributed by atoms with Crippen LogP contribution in [0.5, 0.6) is 5.75 Å². The first kappa shape index (κ1) is 22.0. The van der Waals surface area contributed by atoms with Gasteiger partial charge in [-0.1, -0.05) is 37.2 Å². The van der Waals surface area contributed by atoms with Crippen molar-refractivity contribution in [3.8, 4) is 17.2 Å². The Balaban J connectivity index is 1.24. The normalized spacial score (nSPS) is 10.8. The second-order valence-corrected chi connectivity index (χ2v) is 7.79. The molecule has 0 spiro atoms. The number of anilines is 1. The van der Waals surface area contributed by atoms with Gasteiger partial charge in [0.25, 0.3) is 5.89 Å². The molecule has 2 heterocycles. The first-order valence-corrected chi connectivity index (χ1v) is 10.7. The van der Waals surface area contributed by atoms with Crippen LogP contribution in [0.25, 0.3) is 11.5 Å². The van der Waals surface area contributed by atoms with Crippen molar-refractivity contribution >= 4 is 11.7 Å². The van der Waals surface area contributed by atoms with Crippen LogP contribution in [0.2, 0.25) is 0 Å². The highest BCUT2D eigenvalue weighted by Crippen LogP contribution is 2.22. The van der Waals surface area contributed by atoms with Crippen molar-refractivity contribution < 1.29 is 14.1 Å². The minimum atomic E-state index is -0.292. The topological polar surface area (TPSA) is 102 Å². The molecule has 4 aromatic rings. The number of urea groups is 1. The van der Waals surface area contributed by atoms with Crippen LogP contribution >= 0.6 is 0 Å². The van der Waals surface area contributed by atoms with Crippen LogP contribution in [0.4, 0.5) is 10.5 Å². The van der Waals surface area contributed by atoms with E-state index in [1.165, 1.54) is 0 Å². The van der Waals surface area contributed by atoms with Gasteiger partial charge in [-0.25, -0.2) is 4.79 Å². The molecule has 168 valence electrons. The minimum absolute atomic E-state index is 0.197. The van der Waals surface area contributed by atoms with Gasteiger partial charge in [0.2, 0.25) is 0 Å². The second kappa shape index (κ2) is 10.4. The highest BCUT2D eigenvalue weighted by molar-refractivity contribution is 5.89. The molecule has 0 bridgehead atoms. The van der Waals surface area contributed by atoms with Gasteiger partial charge >= 0.3 is 6.03 Å². The van der Waals surface area contributed by atoms with Gasteiger partial charge in [-0.3, -0.25) is 4.98 Å². The summed E-state index contributed by atoms with van der Waals surface area (Å²) in [7, 11) is 0. The lowest BCUT2D eigenvalue weighted by atomic mass is 10.2. The maximum Gasteiger partial charge on any atom is 0.319 e. The zero-order valence-electron chi connectivity index (χ0n) is 18.5. The Morgan fingerprint density at radius 1 is 1.03 bits per heavy atom. The summed E-state index contributed by atoms with van der Waals surface area (Å²) in [5, 5.41) is 9.63. The third-order valence-electron chi connectivity index (χ3n) is 4.85. The molecule has 0 saturated heterocycles. The molecule has 2 amide bonds. The number of ether oxygens (including phenoxy) is 1. The second-order valence-electron chi connectivity index (χ2n) is 7.79. The fourth-order valence-electron chi connectivity index (χ4n) is 2.99. The molecule has 2 N–H and O–H groups in total. The van der Waals surface area contributed by atoms with Gasteiger partial charge in [-0.05, 0) is 48.0 Å². The fourth-order valence-corrected chi connectivity index (χ4v) is 2.99. The van der Waals surface area contributed by atoms with Crippen molar-refractivity contribution in [3.63, 3.8) is 0 Å². The highest BCUT2D eigenvalue weighted by atomic mass is 16.5. The molecular formula is C25H25N5O3. The lowest BCUT2D eigenvalue weighted by Crippen LogP contribution is -2.28. The number of aromatic nitrogens is 3. The van der Waals surface area contributed by atoms with Crippen LogP contribution in [0.1, 0.15) is 36.7 Å². The largest absolute Gasteiger partial charge is 0.489 e. The molecule has 0 aliphatic heterocycles. The molecular weight excluding hydrogens is 418 g/mol. The molecule has 8 nitrogen and oxygen atoms in total. The van der Waals surface area contributed by atoms with Crippen molar-refractivity contribution in [2.75, 3.05) is 5.32 Å². The van der Waals surface area contributed by atoms with Gasteiger partial charge in [0.15, 0.2) is 5.82 Å². The summed E-state index contributed by atoms with van der Waals surface area (Å²) < 4.78 is 11.0. The number of carbonyl (C=O) groups excluding carboxylic acids is 1. The number of pyridine rings is 1. The number of nitrogens with zero attached hydrogens (tertiary/aromatic N) is 3. The minimum Gasteiger partial charge on any atom is -0.489 e. The first-order chi connectivity index (χ1) is 16.1. The van der Waals surface area contributed by atoms with Crippen molar-refractivity contribution in [2.45, 2.75) is 32.9 Å². The summed E-state index contributed by atoms with van der Waals surface area (Å²) in [5.74, 6) is 2.08. The standard InChI is InChI=1S/C25H25N5O3/c1-17(2)23-29-24(33-30-23)20-7-9-21(10-8-20)28-25(31)27-15-18-5-11-22(12-6-18)32-16-19-4-3-13-26-14-19/h3-14,17H,15-16H2,1-2H3,(H2,27,28,31). The quantitative estimate of drug-likeness (QED) is 0.390. The molecule has 0 saturated carbocycles. The van der Waals surface area contributed by atoms with Gasteiger partial charge in [0, 0.05) is 41.7 Å². The molecule has 0 radical (unpaired) electrons. The predicted molar refractivity (Wildman–Crippen MR) is 125 cm³/mol. The molecule has 33 heavy (non-hydrogen) atoms. The van der Waals surface area contributed by atoms with E-state index in [1.807, 2.05) is 62.4 Å². The summed E-state index contributed by atoms with van der Waals surface area (Å²) in [6.07, 6.45) is 3.51. The summed E-state index contributed by atoms with van der Waals surface area (Å²) in [4.78, 5) is 20.7. The monoisotopic (exact) mass is 443 g/mol. The summed E-state index contributed by atoms with van der Waals surface area (Å²) >= 11 is 0. The van der Waals surface area contributed by atoms with E-state index in [0.717, 1.165) is 22.4 Å². The van der Waals surface area contributed by atoms with Crippen LogP contribution in [0.3, 0.4) is 0 Å². The molecule has 0 aliphatic carbocycles. The zero-order valence-corrected chi connectivity index (χ0v) is 18.5. The van der Waals surface area contributed by atoms with Crippen LogP contribution in [0.15, 0.2) is 77.6 Å². The summed E-state index contributed by atoms with van der Waals surface area (Å²) in [5.41, 5.74) is 3.43. The van der Waals surface area contributed by atoms with Gasteiger partial charge < -0.3 is 19.9 Å².